The summed E-state index contributed by atoms with van der Waals surface area (Å²) in [5.41, 5.74) is -0.461. The van der Waals surface area contributed by atoms with E-state index in [1.165, 1.54) is 17.4 Å². The number of ketones is 1. The van der Waals surface area contributed by atoms with E-state index in [4.69, 9.17) is 0 Å². The number of Topliss-reactive ketones (excluding diaryl/α,β-unsaturated/α-hetero) is 1. The van der Waals surface area contributed by atoms with Crippen molar-refractivity contribution < 1.29 is 13.6 Å². The van der Waals surface area contributed by atoms with E-state index >= 15 is 0 Å². The van der Waals surface area contributed by atoms with Gasteiger partial charge >= 0.3 is 0 Å². The summed E-state index contributed by atoms with van der Waals surface area (Å²) in [4.78, 5) is 12.5. The van der Waals surface area contributed by atoms with Crippen LogP contribution in [0.4, 0.5) is 8.78 Å². The van der Waals surface area contributed by atoms with Crippen LogP contribution in [0.25, 0.3) is 0 Å². The van der Waals surface area contributed by atoms with Gasteiger partial charge in [0.2, 0.25) is 0 Å². The van der Waals surface area contributed by atoms with Crippen LogP contribution < -0.4 is 0 Å². The maximum Gasteiger partial charge on any atom is 0.173 e. The van der Waals surface area contributed by atoms with Crippen LogP contribution >= 0.6 is 27.3 Å². The number of benzene rings is 1. The van der Waals surface area contributed by atoms with Crippen molar-refractivity contribution in [2.45, 2.75) is 6.42 Å². The van der Waals surface area contributed by atoms with Crippen molar-refractivity contribution in [3.8, 4) is 0 Å². The summed E-state index contributed by atoms with van der Waals surface area (Å²) in [7, 11) is 0. The fourth-order valence-electron chi connectivity index (χ4n) is 1.46. The normalized spacial score (nSPS) is 10.5. The molecule has 0 spiro atoms. The average molecular weight is 317 g/mol. The lowest BCUT2D eigenvalue weighted by atomic mass is 10.1. The summed E-state index contributed by atoms with van der Waals surface area (Å²) < 4.78 is 27.5. The molecule has 1 nitrogen and oxygen atoms in total. The Balaban J connectivity index is 2.26. The van der Waals surface area contributed by atoms with Crippen molar-refractivity contribution >= 4 is 33.0 Å². The SMILES string of the molecule is O=C(Cc1cc(Br)cs1)c1c(F)cccc1F. The molecule has 0 saturated heterocycles. The molecule has 0 N–H and O–H groups in total. The van der Waals surface area contributed by atoms with E-state index < -0.39 is 23.0 Å². The Morgan fingerprint density at radius 1 is 1.29 bits per heavy atom. The lowest BCUT2D eigenvalue weighted by Crippen LogP contribution is -2.08. The second kappa shape index (κ2) is 5.06. The molecule has 2 aromatic rings. The van der Waals surface area contributed by atoms with Gasteiger partial charge in [-0.3, -0.25) is 4.79 Å². The first-order valence-corrected chi connectivity index (χ1v) is 6.45. The van der Waals surface area contributed by atoms with Gasteiger partial charge < -0.3 is 0 Å². The molecular weight excluding hydrogens is 310 g/mol. The van der Waals surface area contributed by atoms with Crippen molar-refractivity contribution in [3.63, 3.8) is 0 Å². The van der Waals surface area contributed by atoms with Gasteiger partial charge in [0.05, 0.1) is 5.56 Å². The molecule has 0 atom stereocenters. The molecule has 0 bridgehead atoms. The number of rotatable bonds is 3. The lowest BCUT2D eigenvalue weighted by molar-refractivity contribution is 0.0986. The number of thiophene rings is 1. The van der Waals surface area contributed by atoms with Crippen LogP contribution in [0.5, 0.6) is 0 Å². The van der Waals surface area contributed by atoms with E-state index in [1.807, 2.05) is 5.38 Å². The Labute approximate surface area is 109 Å². The van der Waals surface area contributed by atoms with Gasteiger partial charge in [0.1, 0.15) is 11.6 Å². The van der Waals surface area contributed by atoms with E-state index in [0.29, 0.717) is 0 Å². The van der Waals surface area contributed by atoms with Crippen molar-refractivity contribution in [1.29, 1.82) is 0 Å². The number of carbonyl (C=O) groups excluding carboxylic acids is 1. The van der Waals surface area contributed by atoms with E-state index in [9.17, 15) is 13.6 Å². The molecule has 88 valence electrons. The quantitative estimate of drug-likeness (QED) is 0.775. The number of carbonyl (C=O) groups is 1. The Morgan fingerprint density at radius 2 is 1.94 bits per heavy atom. The molecule has 0 radical (unpaired) electrons. The topological polar surface area (TPSA) is 17.1 Å². The van der Waals surface area contributed by atoms with Crippen LogP contribution in [0.3, 0.4) is 0 Å². The second-order valence-corrected chi connectivity index (χ2v) is 5.34. The van der Waals surface area contributed by atoms with Gasteiger partial charge in [-0.2, -0.15) is 0 Å². The maximum absolute atomic E-state index is 13.3. The molecule has 2 rings (SSSR count). The van der Waals surface area contributed by atoms with Crippen LogP contribution in [0.2, 0.25) is 0 Å². The fourth-order valence-corrected chi connectivity index (χ4v) is 2.91. The molecule has 1 aromatic carbocycles. The molecule has 0 amide bonds. The first kappa shape index (κ1) is 12.4. The third-order valence-electron chi connectivity index (χ3n) is 2.20. The monoisotopic (exact) mass is 316 g/mol. The minimum absolute atomic E-state index is 0.00806. The van der Waals surface area contributed by atoms with Crippen molar-refractivity contribution in [1.82, 2.24) is 0 Å². The summed E-state index contributed by atoms with van der Waals surface area (Å²) in [6.45, 7) is 0. The second-order valence-electron chi connectivity index (χ2n) is 3.43. The van der Waals surface area contributed by atoms with E-state index in [1.54, 1.807) is 6.07 Å². The Morgan fingerprint density at radius 3 is 2.47 bits per heavy atom. The smallest absolute Gasteiger partial charge is 0.173 e. The van der Waals surface area contributed by atoms with Crippen molar-refractivity contribution in [2.24, 2.45) is 0 Å². The molecule has 0 fully saturated rings. The van der Waals surface area contributed by atoms with E-state index in [-0.39, 0.29) is 6.42 Å². The summed E-state index contributed by atoms with van der Waals surface area (Å²) in [5, 5.41) is 1.82. The molecule has 0 aliphatic carbocycles. The highest BCUT2D eigenvalue weighted by Crippen LogP contribution is 2.22. The van der Waals surface area contributed by atoms with Gasteiger partial charge in [0, 0.05) is 21.2 Å². The third-order valence-corrected chi connectivity index (χ3v) is 3.90. The summed E-state index contributed by atoms with van der Waals surface area (Å²) >= 11 is 4.63. The van der Waals surface area contributed by atoms with Gasteiger partial charge in [0.15, 0.2) is 5.78 Å². The predicted octanol–water partition coefficient (Wildman–Crippen LogP) is 4.21. The zero-order valence-electron chi connectivity index (χ0n) is 8.54. The molecule has 1 heterocycles. The Kier molecular flexibility index (Phi) is 3.69. The van der Waals surface area contributed by atoms with Crippen LogP contribution in [-0.4, -0.2) is 5.78 Å². The summed E-state index contributed by atoms with van der Waals surface area (Å²) in [6, 6.07) is 5.17. The van der Waals surface area contributed by atoms with Crippen molar-refractivity contribution in [2.75, 3.05) is 0 Å². The minimum atomic E-state index is -0.814. The Bertz CT molecular complexity index is 545. The van der Waals surface area contributed by atoms with E-state index in [0.717, 1.165) is 21.5 Å². The van der Waals surface area contributed by atoms with Gasteiger partial charge in [-0.05, 0) is 34.1 Å². The number of halogens is 3. The largest absolute Gasteiger partial charge is 0.294 e. The molecule has 5 heteroatoms. The predicted molar refractivity (Wildman–Crippen MR) is 66.4 cm³/mol. The van der Waals surface area contributed by atoms with Crippen LogP contribution in [0.1, 0.15) is 15.2 Å². The van der Waals surface area contributed by atoms with Gasteiger partial charge in [-0.15, -0.1) is 11.3 Å². The third kappa shape index (κ3) is 2.79. The minimum Gasteiger partial charge on any atom is -0.294 e. The van der Waals surface area contributed by atoms with Gasteiger partial charge in [-0.25, -0.2) is 8.78 Å². The highest BCUT2D eigenvalue weighted by molar-refractivity contribution is 9.10. The van der Waals surface area contributed by atoms with Gasteiger partial charge in [-0.1, -0.05) is 6.07 Å². The standard InChI is InChI=1S/C12H7BrF2OS/c13-7-4-8(17-6-7)5-11(16)12-9(14)2-1-3-10(12)15/h1-4,6H,5H2. The highest BCUT2D eigenvalue weighted by atomic mass is 79.9. The Hall–Kier alpha value is -1.07. The number of hydrogen-bond donors (Lipinski definition) is 0. The summed E-state index contributed by atoms with van der Waals surface area (Å²) in [6.07, 6.45) is 0.00806. The summed E-state index contributed by atoms with van der Waals surface area (Å²) in [5.74, 6) is -2.17. The first-order chi connectivity index (χ1) is 8.08. The molecule has 17 heavy (non-hydrogen) atoms. The zero-order valence-corrected chi connectivity index (χ0v) is 10.9. The van der Waals surface area contributed by atoms with Gasteiger partial charge in [0.25, 0.3) is 0 Å². The zero-order chi connectivity index (χ0) is 12.4. The first-order valence-electron chi connectivity index (χ1n) is 4.78. The molecule has 0 unspecified atom stereocenters. The molecular formula is C12H7BrF2OS. The highest BCUT2D eigenvalue weighted by Gasteiger charge is 2.17. The molecule has 0 aliphatic rings. The van der Waals surface area contributed by atoms with E-state index in [2.05, 4.69) is 15.9 Å². The lowest BCUT2D eigenvalue weighted by Gasteiger charge is -2.02. The maximum atomic E-state index is 13.3. The molecule has 0 aliphatic heterocycles. The van der Waals surface area contributed by atoms with Crippen LogP contribution in [-0.2, 0) is 6.42 Å². The molecule has 0 saturated carbocycles. The average Bonchev–Trinajstić information content (AvgIpc) is 2.63. The van der Waals surface area contributed by atoms with Crippen LogP contribution in [0.15, 0.2) is 34.1 Å². The fraction of sp³-hybridized carbons (Fsp3) is 0.0833. The molecule has 1 aromatic heterocycles. The van der Waals surface area contributed by atoms with Crippen molar-refractivity contribution in [3.05, 3.63) is 56.2 Å². The number of hydrogen-bond acceptors (Lipinski definition) is 2. The van der Waals surface area contributed by atoms with Crippen LogP contribution in [0, 0.1) is 11.6 Å².